The fraction of sp³-hybridized carbons (Fsp3) is 0.611. The highest BCUT2D eigenvalue weighted by molar-refractivity contribution is 6.10. The number of piperidine rings is 1. The molecule has 2 N–H and O–H groups in total. The highest BCUT2D eigenvalue weighted by Gasteiger charge is 2.38. The Balaban J connectivity index is 1.63. The zero-order valence-electron chi connectivity index (χ0n) is 15.1. The molecule has 1 amide bonds. The zero-order chi connectivity index (χ0) is 17.6. The van der Waals surface area contributed by atoms with E-state index < -0.39 is 0 Å². The Labute approximate surface area is 147 Å². The lowest BCUT2D eigenvalue weighted by Crippen LogP contribution is -2.43. The van der Waals surface area contributed by atoms with Crippen LogP contribution in [-0.4, -0.2) is 52.5 Å². The van der Waals surface area contributed by atoms with Crippen LogP contribution in [0.5, 0.6) is 0 Å². The highest BCUT2D eigenvalue weighted by Crippen LogP contribution is 2.40. The van der Waals surface area contributed by atoms with Crippen molar-refractivity contribution < 1.29 is 9.21 Å². The maximum atomic E-state index is 13.0. The first-order valence-electron chi connectivity index (χ1n) is 8.97. The van der Waals surface area contributed by atoms with Crippen molar-refractivity contribution in [2.75, 3.05) is 25.5 Å². The molecule has 0 unspecified atom stereocenters. The van der Waals surface area contributed by atoms with Crippen LogP contribution >= 0.6 is 0 Å². The van der Waals surface area contributed by atoms with Gasteiger partial charge in [-0.2, -0.15) is 0 Å². The lowest BCUT2D eigenvalue weighted by Gasteiger charge is -2.29. The number of fused-ring (bicyclic) bond motifs is 1. The first-order valence-corrected chi connectivity index (χ1v) is 8.97. The number of nitrogens with one attached hydrogen (secondary N) is 2. The van der Waals surface area contributed by atoms with Gasteiger partial charge in [0.25, 0.3) is 5.91 Å². The number of likely N-dealkylation sites (tertiary alicyclic amines) is 1. The molecule has 0 bridgehead atoms. The fourth-order valence-electron chi connectivity index (χ4n) is 3.42. The molecule has 0 radical (unpaired) electrons. The molecular formula is C18H25N5O2. The van der Waals surface area contributed by atoms with Gasteiger partial charge in [-0.1, -0.05) is 0 Å². The molecule has 2 aliphatic rings. The standard InChI is InChI=1S/C18H25N5O2/c1-11-13(16(24)21-12-4-8-23(3)9-5-12)14-15(22-18(2)6-7-18)19-10-20-17(14)25-11/h10,12H,4-9H2,1-3H3,(H,21,24)(H,19,20,22). The van der Waals surface area contributed by atoms with Crippen molar-refractivity contribution in [3.8, 4) is 0 Å². The molecule has 134 valence electrons. The molecule has 2 aromatic rings. The van der Waals surface area contributed by atoms with Gasteiger partial charge in [-0.25, -0.2) is 9.97 Å². The van der Waals surface area contributed by atoms with Gasteiger partial charge in [0.15, 0.2) is 0 Å². The second-order valence-electron chi connectivity index (χ2n) is 7.67. The van der Waals surface area contributed by atoms with E-state index in [4.69, 9.17) is 4.42 Å². The van der Waals surface area contributed by atoms with Gasteiger partial charge >= 0.3 is 0 Å². The Morgan fingerprint density at radius 3 is 2.72 bits per heavy atom. The quantitative estimate of drug-likeness (QED) is 0.886. The van der Waals surface area contributed by atoms with E-state index in [9.17, 15) is 4.79 Å². The average Bonchev–Trinajstić information content (AvgIpc) is 3.18. The summed E-state index contributed by atoms with van der Waals surface area (Å²) in [5, 5.41) is 7.32. The minimum Gasteiger partial charge on any atom is -0.442 e. The van der Waals surface area contributed by atoms with Crippen LogP contribution < -0.4 is 10.6 Å². The van der Waals surface area contributed by atoms with Gasteiger partial charge in [0.1, 0.15) is 17.9 Å². The van der Waals surface area contributed by atoms with Crippen molar-refractivity contribution in [3.05, 3.63) is 17.7 Å². The second kappa shape index (κ2) is 5.98. The third-order valence-corrected chi connectivity index (χ3v) is 5.37. The normalized spacial score (nSPS) is 20.6. The number of aryl methyl sites for hydroxylation is 1. The molecule has 1 saturated carbocycles. The zero-order valence-corrected chi connectivity index (χ0v) is 15.1. The summed E-state index contributed by atoms with van der Waals surface area (Å²) in [6, 6.07) is 0.204. The molecule has 2 aromatic heterocycles. The van der Waals surface area contributed by atoms with Crippen molar-refractivity contribution in [2.24, 2.45) is 0 Å². The summed E-state index contributed by atoms with van der Waals surface area (Å²) < 4.78 is 5.74. The average molecular weight is 343 g/mol. The molecule has 25 heavy (non-hydrogen) atoms. The topological polar surface area (TPSA) is 83.3 Å². The lowest BCUT2D eigenvalue weighted by atomic mass is 10.0. The van der Waals surface area contributed by atoms with Gasteiger partial charge < -0.3 is 20.0 Å². The van der Waals surface area contributed by atoms with Crippen molar-refractivity contribution in [1.29, 1.82) is 0 Å². The smallest absolute Gasteiger partial charge is 0.255 e. The van der Waals surface area contributed by atoms with Crippen LogP contribution in [0.3, 0.4) is 0 Å². The van der Waals surface area contributed by atoms with Gasteiger partial charge in [0.2, 0.25) is 5.71 Å². The summed E-state index contributed by atoms with van der Waals surface area (Å²) in [6.07, 6.45) is 5.63. The molecule has 0 spiro atoms. The van der Waals surface area contributed by atoms with Crippen molar-refractivity contribution in [3.63, 3.8) is 0 Å². The minimum absolute atomic E-state index is 0.0636. The van der Waals surface area contributed by atoms with E-state index in [1.165, 1.54) is 6.33 Å². The first kappa shape index (κ1) is 16.3. The third kappa shape index (κ3) is 3.20. The maximum absolute atomic E-state index is 13.0. The number of nitrogens with zero attached hydrogens (tertiary/aromatic N) is 3. The molecule has 1 saturated heterocycles. The maximum Gasteiger partial charge on any atom is 0.255 e. The third-order valence-electron chi connectivity index (χ3n) is 5.37. The largest absolute Gasteiger partial charge is 0.442 e. The molecule has 0 aromatic carbocycles. The van der Waals surface area contributed by atoms with Crippen LogP contribution in [0.4, 0.5) is 5.82 Å². The fourth-order valence-corrected chi connectivity index (χ4v) is 3.42. The van der Waals surface area contributed by atoms with Crippen molar-refractivity contribution in [1.82, 2.24) is 20.2 Å². The number of anilines is 1. The lowest BCUT2D eigenvalue weighted by molar-refractivity contribution is 0.0917. The first-order chi connectivity index (χ1) is 12.0. The minimum atomic E-state index is -0.0930. The number of amides is 1. The van der Waals surface area contributed by atoms with E-state index in [1.54, 1.807) is 0 Å². The summed E-state index contributed by atoms with van der Waals surface area (Å²) in [4.78, 5) is 23.8. The number of carbonyl (C=O) groups is 1. The van der Waals surface area contributed by atoms with Crippen molar-refractivity contribution >= 4 is 22.8 Å². The molecule has 0 atom stereocenters. The monoisotopic (exact) mass is 343 g/mol. The van der Waals surface area contributed by atoms with Crippen LogP contribution in [0.2, 0.25) is 0 Å². The van der Waals surface area contributed by atoms with Crippen molar-refractivity contribution in [2.45, 2.75) is 51.1 Å². The molecule has 7 heteroatoms. The summed E-state index contributed by atoms with van der Waals surface area (Å²) in [5.41, 5.74) is 1.09. The number of rotatable bonds is 4. The van der Waals surface area contributed by atoms with E-state index >= 15 is 0 Å². The van der Waals surface area contributed by atoms with Crippen LogP contribution in [0.25, 0.3) is 11.1 Å². The molecule has 4 rings (SSSR count). The van der Waals surface area contributed by atoms with Gasteiger partial charge in [-0.05, 0) is 59.7 Å². The number of hydrogen-bond acceptors (Lipinski definition) is 6. The number of furan rings is 1. The molecule has 1 aliphatic heterocycles. The summed E-state index contributed by atoms with van der Waals surface area (Å²) in [7, 11) is 2.11. The van der Waals surface area contributed by atoms with Crippen LogP contribution in [0.1, 0.15) is 48.7 Å². The summed E-state index contributed by atoms with van der Waals surface area (Å²) >= 11 is 0. The van der Waals surface area contributed by atoms with Gasteiger partial charge in [0.05, 0.1) is 10.9 Å². The van der Waals surface area contributed by atoms with E-state index in [0.29, 0.717) is 28.2 Å². The van der Waals surface area contributed by atoms with Crippen LogP contribution in [-0.2, 0) is 0 Å². The number of hydrogen-bond donors (Lipinski definition) is 2. The predicted molar refractivity (Wildman–Crippen MR) is 95.8 cm³/mol. The molecule has 7 nitrogen and oxygen atoms in total. The second-order valence-corrected chi connectivity index (χ2v) is 7.67. The van der Waals surface area contributed by atoms with Gasteiger partial charge in [-0.3, -0.25) is 4.79 Å². The van der Waals surface area contributed by atoms with Crippen LogP contribution in [0.15, 0.2) is 10.7 Å². The molecular weight excluding hydrogens is 318 g/mol. The Morgan fingerprint density at radius 1 is 1.32 bits per heavy atom. The van der Waals surface area contributed by atoms with Gasteiger partial charge in [-0.15, -0.1) is 0 Å². The Hall–Kier alpha value is -2.15. The summed E-state index contributed by atoms with van der Waals surface area (Å²) in [5.74, 6) is 1.19. The Morgan fingerprint density at radius 2 is 2.04 bits per heavy atom. The molecule has 1 aliphatic carbocycles. The van der Waals surface area contributed by atoms with E-state index in [2.05, 4.69) is 39.5 Å². The van der Waals surface area contributed by atoms with E-state index in [0.717, 1.165) is 38.8 Å². The van der Waals surface area contributed by atoms with E-state index in [1.807, 2.05) is 6.92 Å². The van der Waals surface area contributed by atoms with Gasteiger partial charge in [0, 0.05) is 11.6 Å². The summed E-state index contributed by atoms with van der Waals surface area (Å²) in [6.45, 7) is 5.98. The van der Waals surface area contributed by atoms with Crippen LogP contribution in [0, 0.1) is 6.92 Å². The SMILES string of the molecule is Cc1oc2ncnc(NC3(C)CC3)c2c1C(=O)NC1CCN(C)CC1. The highest BCUT2D eigenvalue weighted by atomic mass is 16.3. The Bertz CT molecular complexity index is 803. The van der Waals surface area contributed by atoms with E-state index in [-0.39, 0.29) is 17.5 Å². The molecule has 2 fully saturated rings. The number of aromatic nitrogens is 2. The number of carbonyl (C=O) groups excluding carboxylic acids is 1. The Kier molecular flexibility index (Phi) is 3.91. The molecule has 3 heterocycles. The predicted octanol–water partition coefficient (Wildman–Crippen LogP) is 2.32.